The van der Waals surface area contributed by atoms with Crippen molar-refractivity contribution in [3.63, 3.8) is 0 Å². The Kier molecular flexibility index (Phi) is 10.6. The van der Waals surface area contributed by atoms with Crippen LogP contribution in [0.25, 0.3) is 0 Å². The zero-order chi connectivity index (χ0) is 10.2. The summed E-state index contributed by atoms with van der Waals surface area (Å²) in [6.07, 6.45) is 4.91. The molecule has 15 heavy (non-hydrogen) atoms. The SMILES string of the molecule is CPPC(C)CC[CH-]c1ccccc1.[Zr]. The van der Waals surface area contributed by atoms with Crippen molar-refractivity contribution in [2.45, 2.75) is 25.4 Å². The molecule has 0 bridgehead atoms. The molecule has 0 spiro atoms. The standard InChI is InChI=1S/C12H19P2.Zr/c1-11(14-13-2)7-6-10-12-8-4-3-5-9-12;/h3-5,8-11,13-14H,6-7H2,1-2H3;/q-1;. The van der Waals surface area contributed by atoms with Crippen molar-refractivity contribution in [1.82, 2.24) is 0 Å². The Labute approximate surface area is 117 Å². The van der Waals surface area contributed by atoms with E-state index in [4.69, 9.17) is 0 Å². The smallest absolute Gasteiger partial charge is 0 e. The van der Waals surface area contributed by atoms with E-state index in [-0.39, 0.29) is 26.2 Å². The van der Waals surface area contributed by atoms with Crippen LogP contribution >= 0.6 is 16.5 Å². The molecule has 0 aliphatic rings. The Bertz CT molecular complexity index is 239. The summed E-state index contributed by atoms with van der Waals surface area (Å²) in [5.74, 6) is 0. The summed E-state index contributed by atoms with van der Waals surface area (Å²) in [5, 5.41) is 0. The predicted octanol–water partition coefficient (Wildman–Crippen LogP) is 4.31. The van der Waals surface area contributed by atoms with Crippen LogP contribution in [0.5, 0.6) is 0 Å². The molecule has 0 aliphatic carbocycles. The van der Waals surface area contributed by atoms with Gasteiger partial charge in [-0.15, -0.1) is 20.4 Å². The van der Waals surface area contributed by atoms with Crippen molar-refractivity contribution in [2.24, 2.45) is 0 Å². The Hall–Kier alpha value is 0.833. The molecule has 3 heteroatoms. The third-order valence-corrected chi connectivity index (χ3v) is 5.58. The first-order chi connectivity index (χ1) is 6.83. The van der Waals surface area contributed by atoms with Gasteiger partial charge in [-0.2, -0.15) is 24.1 Å². The first kappa shape index (κ1) is 15.8. The van der Waals surface area contributed by atoms with Gasteiger partial charge in [-0.25, -0.2) is 0 Å². The molecule has 3 atom stereocenters. The normalized spacial score (nSPS) is 13.2. The molecule has 0 aliphatic heterocycles. The van der Waals surface area contributed by atoms with Gasteiger partial charge < -0.3 is 0 Å². The van der Waals surface area contributed by atoms with Crippen molar-refractivity contribution in [3.8, 4) is 0 Å². The van der Waals surface area contributed by atoms with E-state index in [1.54, 1.807) is 0 Å². The van der Waals surface area contributed by atoms with Crippen LogP contribution in [0, 0.1) is 6.42 Å². The molecule has 0 N–H and O–H groups in total. The molecule has 0 saturated carbocycles. The number of hydrogen-bond acceptors (Lipinski definition) is 0. The summed E-state index contributed by atoms with van der Waals surface area (Å²) in [6, 6.07) is 10.6. The van der Waals surface area contributed by atoms with E-state index >= 15 is 0 Å². The fourth-order valence-electron chi connectivity index (χ4n) is 1.41. The molecular weight excluding hydrogens is 297 g/mol. The maximum Gasteiger partial charge on any atom is 0 e. The Morgan fingerprint density at radius 2 is 1.93 bits per heavy atom. The van der Waals surface area contributed by atoms with Crippen molar-refractivity contribution in [2.75, 3.05) is 6.66 Å². The van der Waals surface area contributed by atoms with Crippen molar-refractivity contribution in [1.29, 1.82) is 0 Å². The average molecular weight is 316 g/mol. The molecule has 0 fully saturated rings. The first-order valence-electron chi connectivity index (χ1n) is 5.13. The zero-order valence-electron chi connectivity index (χ0n) is 9.46. The van der Waals surface area contributed by atoms with Gasteiger partial charge >= 0.3 is 0 Å². The quantitative estimate of drug-likeness (QED) is 0.542. The van der Waals surface area contributed by atoms with Gasteiger partial charge in [0.1, 0.15) is 0 Å². The zero-order valence-corrected chi connectivity index (χ0v) is 13.9. The van der Waals surface area contributed by atoms with Gasteiger partial charge in [-0.05, 0) is 12.3 Å². The van der Waals surface area contributed by atoms with Gasteiger partial charge in [0.05, 0.1) is 0 Å². The summed E-state index contributed by atoms with van der Waals surface area (Å²) in [5.41, 5.74) is 2.28. The minimum Gasteiger partial charge on any atom is -0.192 e. The second-order valence-corrected chi connectivity index (χ2v) is 7.63. The number of hydrogen-bond donors (Lipinski definition) is 0. The molecule has 0 amide bonds. The van der Waals surface area contributed by atoms with Crippen LogP contribution in [0.2, 0.25) is 0 Å². The molecular formula is C12H19P2Zr-. The van der Waals surface area contributed by atoms with Crippen LogP contribution in [0.1, 0.15) is 25.3 Å². The van der Waals surface area contributed by atoms with Crippen LogP contribution in [0.15, 0.2) is 30.3 Å². The van der Waals surface area contributed by atoms with Crippen LogP contribution in [0.3, 0.4) is 0 Å². The van der Waals surface area contributed by atoms with E-state index in [0.29, 0.717) is 0 Å². The third kappa shape index (κ3) is 7.68. The topological polar surface area (TPSA) is 0 Å². The first-order valence-corrected chi connectivity index (χ1v) is 8.71. The van der Waals surface area contributed by atoms with E-state index in [2.05, 4.69) is 50.3 Å². The van der Waals surface area contributed by atoms with E-state index in [9.17, 15) is 0 Å². The Balaban J connectivity index is 0.00000196. The maximum atomic E-state index is 2.37. The molecule has 1 aromatic rings. The minimum absolute atomic E-state index is 0. The van der Waals surface area contributed by atoms with E-state index in [1.807, 2.05) is 0 Å². The molecule has 82 valence electrons. The largest absolute Gasteiger partial charge is 0.192 e. The van der Waals surface area contributed by atoms with Crippen LogP contribution in [-0.4, -0.2) is 12.3 Å². The molecule has 0 radical (unpaired) electrons. The summed E-state index contributed by atoms with van der Waals surface area (Å²) in [6.45, 7) is 4.67. The van der Waals surface area contributed by atoms with Gasteiger partial charge in [0, 0.05) is 26.2 Å². The number of benzene rings is 1. The summed E-state index contributed by atoms with van der Waals surface area (Å²) >= 11 is 0. The minimum atomic E-state index is 0. The Morgan fingerprint density at radius 1 is 1.27 bits per heavy atom. The Morgan fingerprint density at radius 3 is 2.53 bits per heavy atom. The monoisotopic (exact) mass is 315 g/mol. The number of rotatable bonds is 6. The van der Waals surface area contributed by atoms with Crippen LogP contribution in [0.4, 0.5) is 0 Å². The molecule has 3 unspecified atom stereocenters. The van der Waals surface area contributed by atoms with Gasteiger partial charge in [0.15, 0.2) is 0 Å². The van der Waals surface area contributed by atoms with Crippen molar-refractivity contribution in [3.05, 3.63) is 42.3 Å². The maximum absolute atomic E-state index is 2.37. The molecule has 0 aromatic heterocycles. The fraction of sp³-hybridized carbons (Fsp3) is 0.417. The molecule has 0 heterocycles. The molecule has 1 rings (SSSR count). The summed E-state index contributed by atoms with van der Waals surface area (Å²) < 4.78 is 0. The molecule has 1 aromatic carbocycles. The molecule has 0 nitrogen and oxygen atoms in total. The third-order valence-electron chi connectivity index (χ3n) is 2.17. The second-order valence-electron chi connectivity index (χ2n) is 3.49. The average Bonchev–Trinajstić information content (AvgIpc) is 2.20. The van der Waals surface area contributed by atoms with Gasteiger partial charge in [-0.1, -0.05) is 34.1 Å². The van der Waals surface area contributed by atoms with E-state index < -0.39 is 0 Å². The fourth-order valence-corrected chi connectivity index (χ4v) is 4.12. The van der Waals surface area contributed by atoms with Crippen molar-refractivity contribution < 1.29 is 26.2 Å². The van der Waals surface area contributed by atoms with Crippen LogP contribution in [-0.2, 0) is 26.2 Å². The predicted molar refractivity (Wildman–Crippen MR) is 71.1 cm³/mol. The van der Waals surface area contributed by atoms with Gasteiger partial charge in [0.25, 0.3) is 0 Å². The van der Waals surface area contributed by atoms with Gasteiger partial charge in [0.2, 0.25) is 0 Å². The van der Waals surface area contributed by atoms with Crippen LogP contribution < -0.4 is 0 Å². The van der Waals surface area contributed by atoms with E-state index in [1.165, 1.54) is 18.4 Å². The summed E-state index contributed by atoms with van der Waals surface area (Å²) in [4.78, 5) is 0. The van der Waals surface area contributed by atoms with Gasteiger partial charge in [-0.3, -0.25) is 0 Å². The van der Waals surface area contributed by atoms with Crippen molar-refractivity contribution >= 4 is 16.5 Å². The summed E-state index contributed by atoms with van der Waals surface area (Å²) in [7, 11) is 2.29. The second kappa shape index (κ2) is 10.0. The van der Waals surface area contributed by atoms with E-state index in [0.717, 1.165) is 22.2 Å². The molecule has 0 saturated heterocycles.